The first-order valence-electron chi connectivity index (χ1n) is 11.7. The summed E-state index contributed by atoms with van der Waals surface area (Å²) in [4.78, 5) is 32.4. The van der Waals surface area contributed by atoms with E-state index in [2.05, 4.69) is 50.6 Å². The molecule has 0 unspecified atom stereocenters. The van der Waals surface area contributed by atoms with Gasteiger partial charge in [-0.3, -0.25) is 9.59 Å². The molecule has 0 spiro atoms. The van der Waals surface area contributed by atoms with E-state index < -0.39 is 0 Å². The highest BCUT2D eigenvalue weighted by Gasteiger charge is 2.24. The number of hydrogen-bond acceptors (Lipinski definition) is 6. The van der Waals surface area contributed by atoms with E-state index in [9.17, 15) is 9.59 Å². The molecular formula is C27H25N5O2S. The summed E-state index contributed by atoms with van der Waals surface area (Å²) in [6.45, 7) is 3.72. The summed E-state index contributed by atoms with van der Waals surface area (Å²) in [6, 6.07) is 19.6. The number of H-pyrrole nitrogens is 1. The summed E-state index contributed by atoms with van der Waals surface area (Å²) in [5, 5.41) is 11.5. The van der Waals surface area contributed by atoms with E-state index >= 15 is 0 Å². The molecule has 35 heavy (non-hydrogen) atoms. The lowest BCUT2D eigenvalue weighted by molar-refractivity contribution is -0.115. The second kappa shape index (κ2) is 8.87. The Kier molecular flexibility index (Phi) is 5.54. The first-order valence-corrected chi connectivity index (χ1v) is 12.5. The molecule has 6 rings (SSSR count). The highest BCUT2D eigenvalue weighted by molar-refractivity contribution is 8.00. The van der Waals surface area contributed by atoms with Gasteiger partial charge in [-0.05, 0) is 42.9 Å². The molecule has 3 aromatic carbocycles. The number of nitrogens with one attached hydrogen (secondary N) is 2. The molecule has 8 heteroatoms. The van der Waals surface area contributed by atoms with Crippen molar-refractivity contribution in [1.82, 2.24) is 15.1 Å². The van der Waals surface area contributed by atoms with Crippen molar-refractivity contribution in [3.8, 4) is 11.3 Å². The third-order valence-corrected chi connectivity index (χ3v) is 7.94. The summed E-state index contributed by atoms with van der Waals surface area (Å²) >= 11 is 1.72. The minimum atomic E-state index is -0.214. The molecule has 0 atom stereocenters. The highest BCUT2D eigenvalue weighted by atomic mass is 32.2. The van der Waals surface area contributed by atoms with Gasteiger partial charge in [0.15, 0.2) is 0 Å². The van der Waals surface area contributed by atoms with Crippen molar-refractivity contribution >= 4 is 39.8 Å². The van der Waals surface area contributed by atoms with E-state index in [4.69, 9.17) is 0 Å². The maximum Gasteiger partial charge on any atom is 0.272 e. The van der Waals surface area contributed by atoms with Crippen LogP contribution in [0.3, 0.4) is 0 Å². The van der Waals surface area contributed by atoms with Crippen LogP contribution >= 0.6 is 11.8 Å². The van der Waals surface area contributed by atoms with E-state index in [1.165, 1.54) is 9.79 Å². The van der Waals surface area contributed by atoms with Gasteiger partial charge in [-0.2, -0.15) is 5.10 Å². The van der Waals surface area contributed by atoms with Gasteiger partial charge in [-0.25, -0.2) is 5.10 Å². The van der Waals surface area contributed by atoms with Gasteiger partial charge >= 0.3 is 0 Å². The molecule has 0 saturated carbocycles. The van der Waals surface area contributed by atoms with Gasteiger partial charge in [-0.1, -0.05) is 42.1 Å². The molecule has 0 aliphatic carbocycles. The van der Waals surface area contributed by atoms with E-state index in [0.717, 1.165) is 54.1 Å². The number of aromatic nitrogens is 2. The van der Waals surface area contributed by atoms with Crippen LogP contribution in [-0.4, -0.2) is 54.2 Å². The van der Waals surface area contributed by atoms with Crippen LogP contribution in [0.5, 0.6) is 0 Å². The van der Waals surface area contributed by atoms with Crippen LogP contribution in [0.15, 0.2) is 75.2 Å². The fourth-order valence-electron chi connectivity index (χ4n) is 4.78. The molecule has 1 amide bonds. The summed E-state index contributed by atoms with van der Waals surface area (Å²) in [5.74, 6) is -0.0363. The van der Waals surface area contributed by atoms with E-state index in [-0.39, 0.29) is 11.5 Å². The number of benzene rings is 3. The zero-order valence-electron chi connectivity index (χ0n) is 19.4. The van der Waals surface area contributed by atoms with Crippen LogP contribution < -0.4 is 15.8 Å². The number of likely N-dealkylation sites (N-methyl/N-ethyl adjacent to an activating group) is 1. The Balaban J connectivity index is 1.37. The summed E-state index contributed by atoms with van der Waals surface area (Å²) in [6.07, 6.45) is 0.352. The van der Waals surface area contributed by atoms with Crippen molar-refractivity contribution in [2.24, 2.45) is 0 Å². The maximum absolute atomic E-state index is 13.1. The van der Waals surface area contributed by atoms with Crippen molar-refractivity contribution in [1.29, 1.82) is 0 Å². The molecule has 1 saturated heterocycles. The Labute approximate surface area is 207 Å². The van der Waals surface area contributed by atoms with E-state index in [1.807, 2.05) is 36.4 Å². The maximum atomic E-state index is 13.1. The monoisotopic (exact) mass is 483 g/mol. The average molecular weight is 484 g/mol. The first kappa shape index (κ1) is 21.9. The predicted octanol–water partition coefficient (Wildman–Crippen LogP) is 3.99. The second-order valence-corrected chi connectivity index (χ2v) is 10.1. The van der Waals surface area contributed by atoms with Crippen LogP contribution in [-0.2, 0) is 11.2 Å². The Hall–Kier alpha value is -3.62. The first-order chi connectivity index (χ1) is 17.1. The number of amides is 1. The topological polar surface area (TPSA) is 81.3 Å². The molecular weight excluding hydrogens is 458 g/mol. The Morgan fingerprint density at radius 2 is 1.74 bits per heavy atom. The normalized spacial score (nSPS) is 15.2. The van der Waals surface area contributed by atoms with Crippen molar-refractivity contribution in [2.75, 3.05) is 43.4 Å². The second-order valence-electron chi connectivity index (χ2n) is 9.03. The van der Waals surface area contributed by atoms with Gasteiger partial charge in [0, 0.05) is 46.9 Å². The number of carbonyl (C=O) groups is 1. The van der Waals surface area contributed by atoms with Crippen LogP contribution in [0.1, 0.15) is 5.56 Å². The average Bonchev–Trinajstić information content (AvgIpc) is 2.89. The van der Waals surface area contributed by atoms with Crippen LogP contribution in [0.4, 0.5) is 11.4 Å². The highest BCUT2D eigenvalue weighted by Crippen LogP contribution is 2.45. The number of rotatable bonds is 5. The molecule has 1 aromatic heterocycles. The molecule has 4 aromatic rings. The Morgan fingerprint density at radius 3 is 2.49 bits per heavy atom. The Morgan fingerprint density at radius 1 is 1.00 bits per heavy atom. The minimum absolute atomic E-state index is 0.0363. The van der Waals surface area contributed by atoms with Crippen LogP contribution in [0, 0.1) is 0 Å². The number of hydrogen-bond donors (Lipinski definition) is 2. The van der Waals surface area contributed by atoms with Gasteiger partial charge in [0.1, 0.15) is 0 Å². The summed E-state index contributed by atoms with van der Waals surface area (Å²) < 4.78 is 0. The summed E-state index contributed by atoms with van der Waals surface area (Å²) in [7, 11) is 2.13. The number of piperazine rings is 1. The zero-order valence-corrected chi connectivity index (χ0v) is 20.2. The van der Waals surface area contributed by atoms with Gasteiger partial charge in [0.05, 0.1) is 28.9 Å². The van der Waals surface area contributed by atoms with Gasteiger partial charge in [0.2, 0.25) is 5.91 Å². The molecule has 2 aliphatic heterocycles. The lowest BCUT2D eigenvalue weighted by Crippen LogP contribution is -2.44. The quantitative estimate of drug-likeness (QED) is 0.394. The largest absolute Gasteiger partial charge is 0.367 e. The van der Waals surface area contributed by atoms with Gasteiger partial charge < -0.3 is 15.1 Å². The molecule has 2 bridgehead atoms. The van der Waals surface area contributed by atoms with E-state index in [0.29, 0.717) is 17.5 Å². The van der Waals surface area contributed by atoms with Crippen molar-refractivity contribution in [3.05, 3.63) is 76.6 Å². The molecule has 2 aliphatic rings. The number of carbonyl (C=O) groups excluding carboxylic acids is 1. The molecule has 176 valence electrons. The number of anilines is 2. The minimum Gasteiger partial charge on any atom is -0.367 e. The fraction of sp³-hybridized carbons (Fsp3) is 0.222. The molecule has 3 heterocycles. The molecule has 0 radical (unpaired) electrons. The zero-order chi connectivity index (χ0) is 23.9. The fourth-order valence-corrected chi connectivity index (χ4v) is 5.77. The third kappa shape index (κ3) is 4.09. The Bertz CT molecular complexity index is 1490. The standard InChI is InChI=1S/C27H25N5O2S/c1-31-11-13-32(14-12-31)22-10-9-17(26-18-5-2-3-6-19(18)27(34)30-29-26)15-21(22)28-25(33)16-20-23-7-4-8-24(20)35-23/h2-10,15H,11-14,16H2,1H3,(H,28,33)(H,30,34). The smallest absolute Gasteiger partial charge is 0.272 e. The van der Waals surface area contributed by atoms with Gasteiger partial charge in [-0.15, -0.1) is 0 Å². The number of nitrogens with zero attached hydrogens (tertiary/aromatic N) is 3. The lowest BCUT2D eigenvalue weighted by atomic mass is 10.0. The summed E-state index contributed by atoms with van der Waals surface area (Å²) in [5.41, 5.74) is 4.19. The predicted molar refractivity (Wildman–Crippen MR) is 140 cm³/mol. The third-order valence-electron chi connectivity index (χ3n) is 6.73. The van der Waals surface area contributed by atoms with Crippen molar-refractivity contribution in [2.45, 2.75) is 16.2 Å². The molecule has 7 nitrogen and oxygen atoms in total. The van der Waals surface area contributed by atoms with Crippen LogP contribution in [0.2, 0.25) is 0 Å². The van der Waals surface area contributed by atoms with Crippen molar-refractivity contribution in [3.63, 3.8) is 0 Å². The molecule has 1 fully saturated rings. The number of fused-ring (bicyclic) bond motifs is 3. The van der Waals surface area contributed by atoms with Crippen molar-refractivity contribution < 1.29 is 4.79 Å². The van der Waals surface area contributed by atoms with E-state index in [1.54, 1.807) is 17.8 Å². The number of aromatic amines is 1. The SMILES string of the molecule is CN1CCN(c2ccc(-c3n[nH]c(=O)c4ccccc34)cc2NC(=O)Cc2c3cccc2S3)CC1. The van der Waals surface area contributed by atoms with Gasteiger partial charge in [0.25, 0.3) is 5.56 Å². The lowest BCUT2D eigenvalue weighted by Gasteiger charge is -2.35. The molecule has 2 N–H and O–H groups in total. The van der Waals surface area contributed by atoms with Crippen LogP contribution in [0.25, 0.3) is 22.0 Å².